The van der Waals surface area contributed by atoms with Gasteiger partial charge >= 0.3 is 0 Å². The van der Waals surface area contributed by atoms with Gasteiger partial charge in [0.15, 0.2) is 11.5 Å². The summed E-state index contributed by atoms with van der Waals surface area (Å²) in [6, 6.07) is 14.2. The minimum absolute atomic E-state index is 0.124. The number of rotatable bonds is 7. The van der Waals surface area contributed by atoms with Crippen LogP contribution in [0.3, 0.4) is 0 Å². The average molecular weight is 342 g/mol. The Hall–Kier alpha value is -3.02. The standard InChI is InChI=1S/C19H22N2O4/c1-14(22)21(16-9-10-17(24-2)18(13-16)25-3)12-11-20-19(23)15-7-5-4-6-8-15/h4-10,13H,11-12H2,1-3H3,(H,20,23). The van der Waals surface area contributed by atoms with Gasteiger partial charge in [0.1, 0.15) is 0 Å². The summed E-state index contributed by atoms with van der Waals surface area (Å²) in [4.78, 5) is 25.6. The SMILES string of the molecule is COc1ccc(N(CCNC(=O)c2ccccc2)C(C)=O)cc1OC. The molecule has 1 N–H and O–H groups in total. The molecule has 0 atom stereocenters. The molecule has 0 saturated heterocycles. The molecule has 0 heterocycles. The molecular weight excluding hydrogens is 320 g/mol. The second kappa shape index (κ2) is 8.73. The van der Waals surface area contributed by atoms with E-state index in [0.29, 0.717) is 35.8 Å². The third-order valence-corrected chi connectivity index (χ3v) is 3.72. The van der Waals surface area contributed by atoms with Gasteiger partial charge in [-0.15, -0.1) is 0 Å². The number of amides is 2. The first-order valence-electron chi connectivity index (χ1n) is 7.90. The summed E-state index contributed by atoms with van der Waals surface area (Å²) >= 11 is 0. The third-order valence-electron chi connectivity index (χ3n) is 3.72. The maximum atomic E-state index is 12.1. The fraction of sp³-hybridized carbons (Fsp3) is 0.263. The molecule has 0 aliphatic rings. The molecule has 2 amide bonds. The number of hydrogen-bond donors (Lipinski definition) is 1. The molecule has 0 fully saturated rings. The van der Waals surface area contributed by atoms with Crippen molar-refractivity contribution in [1.82, 2.24) is 5.32 Å². The van der Waals surface area contributed by atoms with Crippen LogP contribution in [0, 0.1) is 0 Å². The smallest absolute Gasteiger partial charge is 0.251 e. The van der Waals surface area contributed by atoms with E-state index in [0.717, 1.165) is 0 Å². The highest BCUT2D eigenvalue weighted by Crippen LogP contribution is 2.31. The third kappa shape index (κ3) is 4.73. The Bertz CT molecular complexity index is 731. The molecule has 0 aromatic heterocycles. The van der Waals surface area contributed by atoms with Crippen molar-refractivity contribution in [2.24, 2.45) is 0 Å². The zero-order chi connectivity index (χ0) is 18.2. The van der Waals surface area contributed by atoms with Crippen LogP contribution in [-0.2, 0) is 4.79 Å². The molecule has 25 heavy (non-hydrogen) atoms. The molecule has 0 spiro atoms. The van der Waals surface area contributed by atoms with Gasteiger partial charge < -0.3 is 19.7 Å². The van der Waals surface area contributed by atoms with Crippen LogP contribution in [0.2, 0.25) is 0 Å². The molecule has 0 aliphatic carbocycles. The summed E-state index contributed by atoms with van der Waals surface area (Å²) in [5.74, 6) is 0.837. The maximum Gasteiger partial charge on any atom is 0.251 e. The van der Waals surface area contributed by atoms with Gasteiger partial charge in [-0.3, -0.25) is 9.59 Å². The molecule has 6 nitrogen and oxygen atoms in total. The first kappa shape index (κ1) is 18.3. The van der Waals surface area contributed by atoms with Crippen LogP contribution in [-0.4, -0.2) is 39.1 Å². The summed E-state index contributed by atoms with van der Waals surface area (Å²) in [7, 11) is 3.10. The first-order chi connectivity index (χ1) is 12.1. The summed E-state index contributed by atoms with van der Waals surface area (Å²) in [5, 5.41) is 2.82. The van der Waals surface area contributed by atoms with Gasteiger partial charge in [-0.2, -0.15) is 0 Å². The Labute approximate surface area is 147 Å². The summed E-state index contributed by atoms with van der Waals surface area (Å²) in [6.07, 6.45) is 0. The van der Waals surface area contributed by atoms with E-state index in [-0.39, 0.29) is 11.8 Å². The molecule has 2 aromatic carbocycles. The van der Waals surface area contributed by atoms with Crippen LogP contribution in [0.4, 0.5) is 5.69 Å². The molecular formula is C19H22N2O4. The predicted molar refractivity (Wildman–Crippen MR) is 96.3 cm³/mol. The van der Waals surface area contributed by atoms with Crippen LogP contribution < -0.4 is 19.7 Å². The number of methoxy groups -OCH3 is 2. The molecule has 0 bridgehead atoms. The Balaban J connectivity index is 2.04. The lowest BCUT2D eigenvalue weighted by Crippen LogP contribution is -2.37. The maximum absolute atomic E-state index is 12.1. The number of nitrogens with one attached hydrogen (secondary N) is 1. The summed E-state index contributed by atoms with van der Waals surface area (Å²) in [6.45, 7) is 2.17. The van der Waals surface area contributed by atoms with Crippen LogP contribution in [0.25, 0.3) is 0 Å². The fourth-order valence-corrected chi connectivity index (χ4v) is 2.43. The number of ether oxygens (including phenoxy) is 2. The zero-order valence-corrected chi connectivity index (χ0v) is 14.6. The molecule has 2 aromatic rings. The monoisotopic (exact) mass is 342 g/mol. The lowest BCUT2D eigenvalue weighted by atomic mass is 10.2. The van der Waals surface area contributed by atoms with Crippen molar-refractivity contribution in [2.75, 3.05) is 32.2 Å². The van der Waals surface area contributed by atoms with E-state index in [1.165, 1.54) is 6.92 Å². The molecule has 0 unspecified atom stereocenters. The number of hydrogen-bond acceptors (Lipinski definition) is 4. The van der Waals surface area contributed by atoms with Gasteiger partial charge in [0.2, 0.25) is 5.91 Å². The second-order valence-corrected chi connectivity index (χ2v) is 5.33. The highest BCUT2D eigenvalue weighted by atomic mass is 16.5. The van der Waals surface area contributed by atoms with Crippen LogP contribution in [0.5, 0.6) is 11.5 Å². The van der Waals surface area contributed by atoms with Gasteiger partial charge in [0.25, 0.3) is 5.91 Å². The van der Waals surface area contributed by atoms with Crippen molar-refractivity contribution >= 4 is 17.5 Å². The Kier molecular flexibility index (Phi) is 6.39. The number of carbonyl (C=O) groups excluding carboxylic acids is 2. The van der Waals surface area contributed by atoms with Crippen molar-refractivity contribution < 1.29 is 19.1 Å². The van der Waals surface area contributed by atoms with E-state index in [2.05, 4.69) is 5.32 Å². The summed E-state index contributed by atoms with van der Waals surface area (Å²) < 4.78 is 10.5. The van der Waals surface area contributed by atoms with E-state index in [1.54, 1.807) is 61.6 Å². The lowest BCUT2D eigenvalue weighted by molar-refractivity contribution is -0.116. The van der Waals surface area contributed by atoms with Crippen molar-refractivity contribution in [2.45, 2.75) is 6.92 Å². The highest BCUT2D eigenvalue weighted by molar-refractivity contribution is 5.94. The Morgan fingerprint density at radius 2 is 1.68 bits per heavy atom. The minimum Gasteiger partial charge on any atom is -0.493 e. The van der Waals surface area contributed by atoms with Gasteiger partial charge in [-0.1, -0.05) is 18.2 Å². The molecule has 0 aliphatic heterocycles. The lowest BCUT2D eigenvalue weighted by Gasteiger charge is -2.22. The van der Waals surface area contributed by atoms with Crippen molar-refractivity contribution in [3.63, 3.8) is 0 Å². The topological polar surface area (TPSA) is 67.9 Å². The first-order valence-corrected chi connectivity index (χ1v) is 7.90. The van der Waals surface area contributed by atoms with Gasteiger partial charge in [-0.25, -0.2) is 0 Å². The number of benzene rings is 2. The number of nitrogens with zero attached hydrogens (tertiary/aromatic N) is 1. The Morgan fingerprint density at radius 1 is 1.00 bits per heavy atom. The van der Waals surface area contributed by atoms with Crippen molar-refractivity contribution in [3.8, 4) is 11.5 Å². The number of anilines is 1. The van der Waals surface area contributed by atoms with Gasteiger partial charge in [0.05, 0.1) is 14.2 Å². The quantitative estimate of drug-likeness (QED) is 0.839. The van der Waals surface area contributed by atoms with E-state index in [1.807, 2.05) is 6.07 Å². The molecule has 2 rings (SSSR count). The van der Waals surface area contributed by atoms with E-state index >= 15 is 0 Å². The summed E-state index contributed by atoms with van der Waals surface area (Å²) in [5.41, 5.74) is 1.27. The number of carbonyl (C=O) groups is 2. The Morgan fingerprint density at radius 3 is 2.28 bits per heavy atom. The van der Waals surface area contributed by atoms with E-state index < -0.39 is 0 Å². The largest absolute Gasteiger partial charge is 0.493 e. The van der Waals surface area contributed by atoms with Crippen LogP contribution in [0.15, 0.2) is 48.5 Å². The molecule has 132 valence electrons. The van der Waals surface area contributed by atoms with Crippen LogP contribution in [0.1, 0.15) is 17.3 Å². The van der Waals surface area contributed by atoms with Crippen molar-refractivity contribution in [3.05, 3.63) is 54.1 Å². The van der Waals surface area contributed by atoms with E-state index in [4.69, 9.17) is 9.47 Å². The molecule has 6 heteroatoms. The van der Waals surface area contributed by atoms with Crippen LogP contribution >= 0.6 is 0 Å². The second-order valence-electron chi connectivity index (χ2n) is 5.33. The normalized spacial score (nSPS) is 10.0. The average Bonchev–Trinajstić information content (AvgIpc) is 2.65. The predicted octanol–water partition coefficient (Wildman–Crippen LogP) is 2.49. The van der Waals surface area contributed by atoms with Crippen molar-refractivity contribution in [1.29, 1.82) is 0 Å². The minimum atomic E-state index is -0.170. The zero-order valence-electron chi connectivity index (χ0n) is 14.6. The van der Waals surface area contributed by atoms with Gasteiger partial charge in [-0.05, 0) is 24.3 Å². The molecule has 0 radical (unpaired) electrons. The van der Waals surface area contributed by atoms with E-state index in [9.17, 15) is 9.59 Å². The highest BCUT2D eigenvalue weighted by Gasteiger charge is 2.15. The fourth-order valence-electron chi connectivity index (χ4n) is 2.43. The van der Waals surface area contributed by atoms with Gasteiger partial charge in [0, 0.05) is 37.3 Å². The molecule has 0 saturated carbocycles.